The normalized spacial score (nSPS) is 13.0. The molecule has 1 atom stereocenters. The van der Waals surface area contributed by atoms with E-state index < -0.39 is 10.1 Å². The number of hydrogen-bond donors (Lipinski definition) is 0. The van der Waals surface area contributed by atoms with E-state index in [9.17, 15) is 8.42 Å². The first kappa shape index (κ1) is 14.0. The molecule has 1 aromatic rings. The molecule has 0 aliphatic rings. The Morgan fingerprint density at radius 3 is 2.47 bits per heavy atom. The van der Waals surface area contributed by atoms with Crippen molar-refractivity contribution >= 4 is 21.7 Å². The van der Waals surface area contributed by atoms with E-state index in [1.165, 1.54) is 0 Å². The molecular weight excluding hydrogens is 262 g/mol. The van der Waals surface area contributed by atoms with Crippen molar-refractivity contribution in [3.8, 4) is 6.07 Å². The van der Waals surface area contributed by atoms with Gasteiger partial charge in [-0.25, -0.2) is 0 Å². The van der Waals surface area contributed by atoms with Crippen molar-refractivity contribution in [3.63, 3.8) is 0 Å². The summed E-state index contributed by atoms with van der Waals surface area (Å²) in [5.74, 6) is -0.271. The summed E-state index contributed by atoms with van der Waals surface area (Å²) in [6.07, 6.45) is 1.18. The van der Waals surface area contributed by atoms with Gasteiger partial charge in [0.05, 0.1) is 18.9 Å². The summed E-state index contributed by atoms with van der Waals surface area (Å²) in [4.78, 5) is 0. The molecule has 92 valence electrons. The fourth-order valence-electron chi connectivity index (χ4n) is 1.32. The Balaban J connectivity index is 2.79. The molecule has 0 aromatic heterocycles. The van der Waals surface area contributed by atoms with E-state index in [2.05, 4.69) is 0 Å². The lowest BCUT2D eigenvalue weighted by Gasteiger charge is -2.13. The highest BCUT2D eigenvalue weighted by atomic mass is 35.5. The Morgan fingerprint density at radius 2 is 2.00 bits per heavy atom. The molecule has 0 aliphatic carbocycles. The summed E-state index contributed by atoms with van der Waals surface area (Å²) in [6, 6.07) is 8.92. The quantitative estimate of drug-likeness (QED) is 0.772. The predicted molar refractivity (Wildman–Crippen MR) is 65.2 cm³/mol. The van der Waals surface area contributed by atoms with Gasteiger partial charge in [0.15, 0.2) is 0 Å². The molecule has 0 saturated heterocycles. The highest BCUT2D eigenvalue weighted by molar-refractivity contribution is 7.85. The fraction of sp³-hybridized carbons (Fsp3) is 0.364. The lowest BCUT2D eigenvalue weighted by atomic mass is 9.97. The third kappa shape index (κ3) is 5.18. The molecular formula is C11H12ClNO3S. The Morgan fingerprint density at radius 1 is 1.41 bits per heavy atom. The molecule has 0 fully saturated rings. The molecule has 0 saturated carbocycles. The van der Waals surface area contributed by atoms with Crippen molar-refractivity contribution in [2.24, 2.45) is 0 Å². The van der Waals surface area contributed by atoms with Crippen LogP contribution in [0.2, 0.25) is 5.02 Å². The molecule has 4 nitrogen and oxygen atoms in total. The number of halogens is 1. The van der Waals surface area contributed by atoms with Gasteiger partial charge in [-0.1, -0.05) is 23.7 Å². The van der Waals surface area contributed by atoms with E-state index in [-0.39, 0.29) is 18.9 Å². The maximum absolute atomic E-state index is 10.9. The molecule has 1 aromatic carbocycles. The van der Waals surface area contributed by atoms with Gasteiger partial charge in [0.25, 0.3) is 10.1 Å². The number of nitrogens with zero attached hydrogens (tertiary/aromatic N) is 1. The van der Waals surface area contributed by atoms with Crippen LogP contribution in [-0.4, -0.2) is 21.3 Å². The van der Waals surface area contributed by atoms with Crippen molar-refractivity contribution in [2.75, 3.05) is 12.9 Å². The third-order valence-corrected chi connectivity index (χ3v) is 2.98. The molecule has 17 heavy (non-hydrogen) atoms. The molecule has 0 spiro atoms. The van der Waals surface area contributed by atoms with Crippen LogP contribution in [0.25, 0.3) is 0 Å². The Hall–Kier alpha value is -1.09. The predicted octanol–water partition coefficient (Wildman–Crippen LogP) is 2.31. The van der Waals surface area contributed by atoms with E-state index in [1.54, 1.807) is 24.3 Å². The first-order valence-electron chi connectivity index (χ1n) is 4.89. The lowest BCUT2D eigenvalue weighted by Crippen LogP contribution is -2.12. The summed E-state index contributed by atoms with van der Waals surface area (Å²) in [5, 5.41) is 9.29. The largest absolute Gasteiger partial charge is 0.270 e. The van der Waals surface area contributed by atoms with Crippen LogP contribution in [0.1, 0.15) is 17.9 Å². The van der Waals surface area contributed by atoms with Crippen LogP contribution in [-0.2, 0) is 14.3 Å². The second kappa shape index (κ2) is 6.01. The molecule has 0 radical (unpaired) electrons. The second-order valence-corrected chi connectivity index (χ2v) is 5.68. The van der Waals surface area contributed by atoms with E-state index >= 15 is 0 Å². The van der Waals surface area contributed by atoms with Crippen LogP contribution in [0.4, 0.5) is 0 Å². The first-order chi connectivity index (χ1) is 7.92. The molecule has 6 heteroatoms. The molecule has 0 amide bonds. The van der Waals surface area contributed by atoms with E-state index in [4.69, 9.17) is 21.0 Å². The zero-order chi connectivity index (χ0) is 12.9. The number of benzene rings is 1. The Labute approximate surface area is 106 Å². The van der Waals surface area contributed by atoms with Gasteiger partial charge in [-0.15, -0.1) is 0 Å². The fourth-order valence-corrected chi connectivity index (χ4v) is 1.86. The summed E-state index contributed by atoms with van der Waals surface area (Å²) in [5.41, 5.74) is 0.833. The average Bonchev–Trinajstić information content (AvgIpc) is 2.24. The molecule has 0 aliphatic heterocycles. The van der Waals surface area contributed by atoms with Gasteiger partial charge in [0.2, 0.25) is 0 Å². The zero-order valence-corrected chi connectivity index (χ0v) is 10.8. The van der Waals surface area contributed by atoms with Gasteiger partial charge in [-0.2, -0.15) is 13.7 Å². The van der Waals surface area contributed by atoms with Gasteiger partial charge in [0.1, 0.15) is 0 Å². The minimum atomic E-state index is -3.49. The Bertz CT molecular complexity index is 505. The topological polar surface area (TPSA) is 67.2 Å². The molecule has 0 bridgehead atoms. The summed E-state index contributed by atoms with van der Waals surface area (Å²) in [7, 11) is -3.49. The number of nitriles is 1. The molecule has 1 unspecified atom stereocenters. The first-order valence-corrected chi connectivity index (χ1v) is 7.08. The van der Waals surface area contributed by atoms with E-state index in [0.29, 0.717) is 5.02 Å². The Kier molecular flexibility index (Phi) is 4.94. The van der Waals surface area contributed by atoms with Crippen molar-refractivity contribution in [1.29, 1.82) is 5.26 Å². The SMILES string of the molecule is CS(=O)(=O)OCC(CC#N)c1ccc(Cl)cc1. The van der Waals surface area contributed by atoms with Gasteiger partial charge in [-0.3, -0.25) is 4.18 Å². The summed E-state index contributed by atoms with van der Waals surface area (Å²) in [6.45, 7) is -0.0337. The van der Waals surface area contributed by atoms with E-state index in [1.807, 2.05) is 6.07 Å². The average molecular weight is 274 g/mol. The van der Waals surface area contributed by atoms with Crippen molar-refractivity contribution in [1.82, 2.24) is 0 Å². The molecule has 0 N–H and O–H groups in total. The van der Waals surface area contributed by atoms with Gasteiger partial charge < -0.3 is 0 Å². The standard InChI is InChI=1S/C11H12ClNO3S/c1-17(14,15)16-8-10(6-7-13)9-2-4-11(12)5-3-9/h2-5,10H,6,8H2,1H3. The van der Waals surface area contributed by atoms with Crippen LogP contribution >= 0.6 is 11.6 Å². The molecule has 0 heterocycles. The van der Waals surface area contributed by atoms with Crippen LogP contribution in [0, 0.1) is 11.3 Å². The highest BCUT2D eigenvalue weighted by Gasteiger charge is 2.14. The minimum absolute atomic E-state index is 0.0337. The van der Waals surface area contributed by atoms with Gasteiger partial charge in [-0.05, 0) is 17.7 Å². The van der Waals surface area contributed by atoms with Gasteiger partial charge >= 0.3 is 0 Å². The van der Waals surface area contributed by atoms with Crippen LogP contribution < -0.4 is 0 Å². The molecule has 1 rings (SSSR count). The third-order valence-electron chi connectivity index (χ3n) is 2.16. The van der Waals surface area contributed by atoms with Crippen molar-refractivity contribution in [2.45, 2.75) is 12.3 Å². The minimum Gasteiger partial charge on any atom is -0.270 e. The summed E-state index contributed by atoms with van der Waals surface area (Å²) < 4.78 is 26.5. The smallest absolute Gasteiger partial charge is 0.264 e. The zero-order valence-electron chi connectivity index (χ0n) is 9.26. The van der Waals surface area contributed by atoms with Crippen molar-refractivity contribution < 1.29 is 12.6 Å². The summed E-state index contributed by atoms with van der Waals surface area (Å²) >= 11 is 5.75. The maximum atomic E-state index is 10.9. The highest BCUT2D eigenvalue weighted by Crippen LogP contribution is 2.22. The van der Waals surface area contributed by atoms with Gasteiger partial charge in [0, 0.05) is 17.4 Å². The van der Waals surface area contributed by atoms with E-state index in [0.717, 1.165) is 11.8 Å². The lowest BCUT2D eigenvalue weighted by molar-refractivity contribution is 0.295. The second-order valence-electron chi connectivity index (χ2n) is 3.60. The van der Waals surface area contributed by atoms with Crippen LogP contribution in [0.15, 0.2) is 24.3 Å². The number of hydrogen-bond acceptors (Lipinski definition) is 4. The number of rotatable bonds is 5. The maximum Gasteiger partial charge on any atom is 0.264 e. The van der Waals surface area contributed by atoms with Crippen LogP contribution in [0.3, 0.4) is 0 Å². The monoisotopic (exact) mass is 273 g/mol. The van der Waals surface area contributed by atoms with Crippen molar-refractivity contribution in [3.05, 3.63) is 34.9 Å². The van der Waals surface area contributed by atoms with Crippen LogP contribution in [0.5, 0.6) is 0 Å².